The van der Waals surface area contributed by atoms with Gasteiger partial charge in [-0.25, -0.2) is 14.4 Å². The Bertz CT molecular complexity index is 4680. The molecule has 0 radical (unpaired) electrons. The lowest BCUT2D eigenvalue weighted by atomic mass is 10.0. The van der Waals surface area contributed by atoms with Gasteiger partial charge in [-0.3, -0.25) is 69.1 Å². The third-order valence-corrected chi connectivity index (χ3v) is 18.5. The van der Waals surface area contributed by atoms with Crippen molar-refractivity contribution in [3.05, 3.63) is 211 Å². The quantitative estimate of drug-likeness (QED) is 0.00805. The first kappa shape index (κ1) is 107. The molecule has 0 aliphatic rings. The fourth-order valence-corrected chi connectivity index (χ4v) is 10.7. The van der Waals surface area contributed by atoms with Crippen molar-refractivity contribution in [1.82, 2.24) is 109 Å². The minimum Gasteiger partial charge on any atom is -0.465 e. The number of carbonyl (C=O) groups excluding carboxylic acids is 3. The maximum atomic E-state index is 11.8. The predicted octanol–water partition coefficient (Wildman–Crippen LogP) is 5.52. The summed E-state index contributed by atoms with van der Waals surface area (Å²) in [5, 5.41) is 68.2. The second-order valence-corrected chi connectivity index (χ2v) is 30.6. The van der Waals surface area contributed by atoms with Crippen molar-refractivity contribution < 1.29 is 57.8 Å². The van der Waals surface area contributed by atoms with E-state index in [0.717, 1.165) is 126 Å². The Balaban J connectivity index is 0.000000475. The molecule has 0 unspecified atom stereocenters. The highest BCUT2D eigenvalue weighted by atomic mass is 127. The summed E-state index contributed by atoms with van der Waals surface area (Å²) >= 11 is 2.04. The van der Waals surface area contributed by atoms with E-state index in [0.29, 0.717) is 59.7 Å². The first-order chi connectivity index (χ1) is 57.5. The van der Waals surface area contributed by atoms with Gasteiger partial charge in [0.25, 0.3) is 0 Å². The van der Waals surface area contributed by atoms with Gasteiger partial charge >= 0.3 is 35.0 Å². The molecule has 43 heteroatoms. The number of aryl methyl sites for hydroxylation is 4. The van der Waals surface area contributed by atoms with Gasteiger partial charge in [-0.15, -0.1) is 9.36 Å². The van der Waals surface area contributed by atoms with Crippen LogP contribution in [0.3, 0.4) is 0 Å². The summed E-state index contributed by atoms with van der Waals surface area (Å²) < 4.78 is 26.3. The van der Waals surface area contributed by atoms with Crippen LogP contribution in [0.4, 0.5) is 28.4 Å². The van der Waals surface area contributed by atoms with E-state index >= 15 is 0 Å². The normalized spacial score (nSPS) is 10.6. The first-order valence-electron chi connectivity index (χ1n) is 38.6. The lowest BCUT2D eigenvalue weighted by molar-refractivity contribution is -0.754. The average Bonchev–Trinajstić information content (AvgIpc) is 1.65. The molecule has 0 atom stereocenters. The molecule has 0 bridgehead atoms. The van der Waals surface area contributed by atoms with Crippen molar-refractivity contribution in [2.24, 2.45) is 0 Å². The summed E-state index contributed by atoms with van der Waals surface area (Å²) in [6.07, 6.45) is 22.8. The Morgan fingerprint density at radius 1 is 0.500 bits per heavy atom. The lowest BCUT2D eigenvalue weighted by Gasteiger charge is -2.10. The van der Waals surface area contributed by atoms with Crippen molar-refractivity contribution in [3.8, 4) is 0 Å². The van der Waals surface area contributed by atoms with E-state index in [1.165, 1.54) is 45.6 Å². The number of halogens is 1. The topological polar surface area (TPSA) is 481 Å². The number of esters is 3. The molecule has 0 amide bonds. The number of ether oxygens (including phenoxy) is 3. The van der Waals surface area contributed by atoms with Crippen molar-refractivity contribution in [2.75, 3.05) is 184 Å². The number of nitro groups is 3. The average molecular weight is 1820 g/mol. The standard InChI is InChI=1S/2C16H22N4O2.2C8H14N4O2.2C8H16N4.C7H6INO2.C4H5N3O2.C4H11NO/c1-12-13(11-18-20(12)8-7-19(2)3)9-14-10-17-6-5-15(14)16(21)22-4;1-12-14(11-20(18-12)8-7-19(2)3)9-13-10-17-6-5-15(13)16(21)22-4;1-7-8(12(13)14)6-11(9-7)5-4-10(2)3;1-7-8(12(13)14)6-9-11(7)5-4-10(2)3;1-7-8(9)6-12(10-7)5-4-11(2)3;1-7-8(9)6-10-12(7)5-4-11(2)3;1-11-7(10)5-2-3-9-4-6(5)8;1-3-4(7(8)9)2-5-6-3;1-5(2)3-4-6/h2*5-6,10-11H,7-9H2,1-4H3;2*6H,4-5H2,1-3H3;2*6H,4-5,9H2,1-3H3;2-4H,1H3;2H,1H3,(H,5,6);6H,3-4H2,1-2H3/p+2. The summed E-state index contributed by atoms with van der Waals surface area (Å²) in [6.45, 7) is 24.5. The number of methoxy groups -OCH3 is 3. The van der Waals surface area contributed by atoms with Gasteiger partial charge in [-0.05, 0) is 192 Å². The molecule has 42 nitrogen and oxygen atoms in total. The minimum atomic E-state index is -0.473. The van der Waals surface area contributed by atoms with Crippen LogP contribution in [-0.4, -0.2) is 319 Å². The smallest absolute Gasteiger partial charge is 0.339 e. The Hall–Kier alpha value is -11.5. The van der Waals surface area contributed by atoms with Crippen LogP contribution in [0.2, 0.25) is 0 Å². The number of likely N-dealkylation sites (N-methyl/N-ethyl adjacent to an activating group) is 7. The van der Waals surface area contributed by atoms with Gasteiger partial charge in [-0.1, -0.05) is 0 Å². The third kappa shape index (κ3) is 39.8. The van der Waals surface area contributed by atoms with Gasteiger partial charge in [0, 0.05) is 111 Å². The molecule has 10 rings (SSSR count). The molecule has 122 heavy (non-hydrogen) atoms. The number of nitrogens with two attached hydrogens (primary N) is 2. The van der Waals surface area contributed by atoms with Crippen molar-refractivity contribution in [2.45, 2.75) is 101 Å². The molecular formula is C79H128IN29O13+2. The Morgan fingerprint density at radius 2 is 0.934 bits per heavy atom. The Kier molecular flexibility index (Phi) is 49.1. The van der Waals surface area contributed by atoms with Gasteiger partial charge < -0.3 is 65.1 Å². The number of anilines is 2. The van der Waals surface area contributed by atoms with Crippen molar-refractivity contribution in [3.63, 3.8) is 0 Å². The lowest BCUT2D eigenvalue weighted by Crippen LogP contribution is -2.42. The van der Waals surface area contributed by atoms with Crippen molar-refractivity contribution in [1.29, 1.82) is 0 Å². The minimum absolute atomic E-state index is 0.0370. The Labute approximate surface area is 727 Å². The maximum absolute atomic E-state index is 11.8. The highest BCUT2D eigenvalue weighted by Gasteiger charge is 2.22. The zero-order valence-electron chi connectivity index (χ0n) is 75.2. The van der Waals surface area contributed by atoms with E-state index in [1.807, 2.05) is 150 Å². The van der Waals surface area contributed by atoms with E-state index < -0.39 is 14.8 Å². The van der Waals surface area contributed by atoms with Crippen LogP contribution >= 0.6 is 22.6 Å². The summed E-state index contributed by atoms with van der Waals surface area (Å²) in [6, 6.07) is 5.03. The van der Waals surface area contributed by atoms with Gasteiger partial charge in [0.15, 0.2) is 19.3 Å². The SMILES string of the molecule is CN(C)CCO.COC(=O)c1ccncc1Cc1c[n+](CCN(C)C)[nH]c1C.COC(=O)c1ccncc1Cc1c[nH][n+](CCN(C)C)c1C.COC(=O)c1ccncc1I.Cc1[nH]ncc1[N+](=O)[O-].Cc1c(N)cnn1CCN(C)C.Cc1c([N+](=O)[O-])cnn1CCN(C)C.Cc1nn(CCN(C)C)cc1N.Cc1nn(CCN(C)C)cc1[N+](=O)[O-]. The van der Waals surface area contributed by atoms with E-state index in [1.54, 1.807) is 91.7 Å². The summed E-state index contributed by atoms with van der Waals surface area (Å²) in [7, 11) is 32.2. The van der Waals surface area contributed by atoms with Gasteiger partial charge in [0.2, 0.25) is 5.69 Å². The number of rotatable bonds is 30. The summed E-state index contributed by atoms with van der Waals surface area (Å²) in [5.74, 6) is -0.978. The third-order valence-electron chi connectivity index (χ3n) is 17.6. The van der Waals surface area contributed by atoms with Gasteiger partial charge in [-0.2, -0.15) is 35.7 Å². The number of H-pyrrole nitrogens is 3. The van der Waals surface area contributed by atoms with E-state index in [4.69, 9.17) is 26.0 Å². The number of nitrogens with one attached hydrogen (secondary N) is 3. The van der Waals surface area contributed by atoms with Gasteiger partial charge in [0.1, 0.15) is 35.7 Å². The summed E-state index contributed by atoms with van der Waals surface area (Å²) in [5.41, 5.74) is 24.6. The first-order valence-corrected chi connectivity index (χ1v) is 39.6. The number of carbonyl (C=O) groups is 3. The highest BCUT2D eigenvalue weighted by molar-refractivity contribution is 14.1. The fraction of sp³-hybridized carbons (Fsp3) is 0.506. The number of hydrogen-bond donors (Lipinski definition) is 6. The maximum Gasteiger partial charge on any atom is 0.339 e. The molecular weight excluding hydrogens is 1690 g/mol. The van der Waals surface area contributed by atoms with Gasteiger partial charge in [0.05, 0.1) is 140 Å². The molecule has 0 spiro atoms. The number of aromatic amines is 3. The number of pyridine rings is 3. The van der Waals surface area contributed by atoms with Crippen LogP contribution in [0.25, 0.3) is 0 Å². The summed E-state index contributed by atoms with van der Waals surface area (Å²) in [4.78, 5) is 90.9. The molecule has 8 N–H and O–H groups in total. The molecule has 10 aromatic rings. The van der Waals surface area contributed by atoms with Crippen LogP contribution < -0.4 is 20.8 Å². The van der Waals surface area contributed by atoms with Crippen LogP contribution in [0.1, 0.15) is 93.2 Å². The van der Waals surface area contributed by atoms with Crippen LogP contribution in [0.5, 0.6) is 0 Å². The highest BCUT2D eigenvalue weighted by Crippen LogP contribution is 2.20. The second kappa shape index (κ2) is 56.2. The molecule has 10 aromatic heterocycles. The zero-order valence-corrected chi connectivity index (χ0v) is 77.3. The monoisotopic (exact) mass is 1820 g/mol. The van der Waals surface area contributed by atoms with Crippen LogP contribution in [0, 0.1) is 82.4 Å². The zero-order chi connectivity index (χ0) is 92.0. The van der Waals surface area contributed by atoms with E-state index in [9.17, 15) is 44.7 Å². The van der Waals surface area contributed by atoms with Crippen molar-refractivity contribution >= 4 is 68.9 Å². The molecule has 0 fully saturated rings. The van der Waals surface area contributed by atoms with E-state index in [2.05, 4.69) is 131 Å². The van der Waals surface area contributed by atoms with E-state index in [-0.39, 0.29) is 41.6 Å². The number of nitrogens with zero attached hydrogens (tertiary/aromatic N) is 24. The molecule has 0 saturated carbocycles. The molecule has 0 saturated heterocycles. The number of aromatic nitrogens is 17. The Morgan fingerprint density at radius 3 is 1.33 bits per heavy atom. The number of hydrogen-bond acceptors (Lipinski definition) is 30. The second-order valence-electron chi connectivity index (χ2n) is 29.4. The number of aliphatic hydroxyl groups excluding tert-OH is 1. The van der Waals surface area contributed by atoms with Crippen LogP contribution in [0.15, 0.2) is 98.8 Å². The van der Waals surface area contributed by atoms with Crippen LogP contribution in [-0.2, 0) is 66.3 Å². The molecule has 672 valence electrons. The fourth-order valence-electron chi connectivity index (χ4n) is 10.2. The number of aliphatic hydroxyl groups is 1. The molecule has 0 aliphatic heterocycles. The molecule has 0 aromatic carbocycles. The largest absolute Gasteiger partial charge is 0.465 e. The molecule has 0 aliphatic carbocycles. The molecule has 10 heterocycles. The predicted molar refractivity (Wildman–Crippen MR) is 473 cm³/mol. The number of nitrogen functional groups attached to an aromatic ring is 2.